The van der Waals surface area contributed by atoms with Crippen LogP contribution >= 0.6 is 11.6 Å². The summed E-state index contributed by atoms with van der Waals surface area (Å²) in [5.41, 5.74) is 3.73. The van der Waals surface area contributed by atoms with Crippen LogP contribution in [0, 0.1) is 18.3 Å². The lowest BCUT2D eigenvalue weighted by Crippen LogP contribution is -2.07. The van der Waals surface area contributed by atoms with Crippen molar-refractivity contribution in [3.63, 3.8) is 0 Å². The normalized spacial score (nSPS) is 13.4. The van der Waals surface area contributed by atoms with Gasteiger partial charge in [-0.05, 0) is 61.9 Å². The molecule has 1 aromatic heterocycles. The number of hydrogen-bond acceptors (Lipinski definition) is 3. The van der Waals surface area contributed by atoms with Crippen molar-refractivity contribution in [3.8, 4) is 17.7 Å². The average molecular weight is 299 g/mol. The first-order valence-corrected chi connectivity index (χ1v) is 7.42. The summed E-state index contributed by atoms with van der Waals surface area (Å²) in [5.74, 6) is 0.880. The molecule has 0 aliphatic heterocycles. The molecule has 3 nitrogen and oxygen atoms in total. The van der Waals surface area contributed by atoms with Gasteiger partial charge in [0, 0.05) is 5.69 Å². The molecule has 1 heterocycles. The summed E-state index contributed by atoms with van der Waals surface area (Å²) in [4.78, 5) is 4.54. The fraction of sp³-hybridized carbons (Fsp3) is 0.294. The number of halogens is 1. The van der Waals surface area contributed by atoms with Crippen LogP contribution < -0.4 is 4.74 Å². The molecule has 0 bridgehead atoms. The van der Waals surface area contributed by atoms with Crippen molar-refractivity contribution in [3.05, 3.63) is 51.7 Å². The molecule has 0 amide bonds. The van der Waals surface area contributed by atoms with Gasteiger partial charge in [0.05, 0.1) is 5.02 Å². The molecule has 2 aromatic rings. The monoisotopic (exact) mass is 298 g/mol. The molecule has 1 aromatic carbocycles. The molecular weight excluding hydrogens is 284 g/mol. The van der Waals surface area contributed by atoms with Crippen molar-refractivity contribution in [2.75, 3.05) is 0 Å². The van der Waals surface area contributed by atoms with Crippen molar-refractivity contribution in [1.82, 2.24) is 4.98 Å². The Morgan fingerprint density at radius 1 is 1.24 bits per heavy atom. The summed E-state index contributed by atoms with van der Waals surface area (Å²) >= 11 is 6.18. The number of nitriles is 1. The van der Waals surface area contributed by atoms with E-state index in [1.165, 1.54) is 5.56 Å². The molecule has 3 rings (SSSR count). The molecule has 0 fully saturated rings. The standard InChI is InChI=1S/C17H15ClN2O/c1-11-6-7-16(14(18)8-11)21-17-13(10-19)9-12-4-2-3-5-15(12)20-17/h6-9H,2-5H2,1H3. The highest BCUT2D eigenvalue weighted by atomic mass is 35.5. The highest BCUT2D eigenvalue weighted by Crippen LogP contribution is 2.32. The van der Waals surface area contributed by atoms with Crippen LogP contribution in [0.15, 0.2) is 24.3 Å². The first kappa shape index (κ1) is 13.9. The summed E-state index contributed by atoms with van der Waals surface area (Å²) in [6.07, 6.45) is 4.22. The first-order chi connectivity index (χ1) is 10.2. The molecule has 0 unspecified atom stereocenters. The minimum atomic E-state index is 0.351. The molecular formula is C17H15ClN2O. The van der Waals surface area contributed by atoms with Crippen molar-refractivity contribution in [1.29, 1.82) is 5.26 Å². The zero-order valence-electron chi connectivity index (χ0n) is 11.8. The van der Waals surface area contributed by atoms with Crippen molar-refractivity contribution in [2.24, 2.45) is 0 Å². The third-order valence-electron chi connectivity index (χ3n) is 3.68. The molecule has 21 heavy (non-hydrogen) atoms. The van der Waals surface area contributed by atoms with Crippen molar-refractivity contribution in [2.45, 2.75) is 32.6 Å². The van der Waals surface area contributed by atoms with Crippen LogP contribution in [0.1, 0.15) is 35.2 Å². The van der Waals surface area contributed by atoms with E-state index in [1.807, 2.05) is 25.1 Å². The van der Waals surface area contributed by atoms with Crippen molar-refractivity contribution >= 4 is 11.6 Å². The quantitative estimate of drug-likeness (QED) is 0.815. The Balaban J connectivity index is 1.99. The highest BCUT2D eigenvalue weighted by Gasteiger charge is 2.17. The number of nitrogens with zero attached hydrogens (tertiary/aromatic N) is 2. The van der Waals surface area contributed by atoms with E-state index in [0.29, 0.717) is 22.2 Å². The number of benzene rings is 1. The van der Waals surface area contributed by atoms with Gasteiger partial charge in [-0.3, -0.25) is 0 Å². The Kier molecular flexibility index (Phi) is 3.81. The third-order valence-corrected chi connectivity index (χ3v) is 3.98. The number of pyridine rings is 1. The van der Waals surface area contributed by atoms with E-state index < -0.39 is 0 Å². The fourth-order valence-corrected chi connectivity index (χ4v) is 2.84. The van der Waals surface area contributed by atoms with Gasteiger partial charge in [0.25, 0.3) is 0 Å². The van der Waals surface area contributed by atoms with E-state index >= 15 is 0 Å². The maximum absolute atomic E-state index is 9.31. The van der Waals surface area contributed by atoms with Gasteiger partial charge in [0.15, 0.2) is 0 Å². The topological polar surface area (TPSA) is 45.9 Å². The predicted octanol–water partition coefficient (Wildman–Crippen LogP) is 4.59. The average Bonchev–Trinajstić information content (AvgIpc) is 2.49. The second kappa shape index (κ2) is 5.75. The van der Waals surface area contributed by atoms with E-state index in [2.05, 4.69) is 11.1 Å². The summed E-state index contributed by atoms with van der Waals surface area (Å²) < 4.78 is 5.79. The number of rotatable bonds is 2. The summed E-state index contributed by atoms with van der Waals surface area (Å²) in [5, 5.41) is 9.83. The Bertz CT molecular complexity index is 734. The van der Waals surface area contributed by atoms with Gasteiger partial charge in [0.2, 0.25) is 5.88 Å². The van der Waals surface area contributed by atoms with E-state index in [4.69, 9.17) is 16.3 Å². The van der Waals surface area contributed by atoms with Gasteiger partial charge in [-0.25, -0.2) is 4.98 Å². The van der Waals surface area contributed by atoms with Crippen LogP contribution in [0.2, 0.25) is 5.02 Å². The van der Waals surface area contributed by atoms with Crippen LogP contribution in [0.4, 0.5) is 0 Å². The van der Waals surface area contributed by atoms with E-state index in [9.17, 15) is 5.26 Å². The number of hydrogen-bond donors (Lipinski definition) is 0. The minimum Gasteiger partial charge on any atom is -0.436 e. The second-order valence-electron chi connectivity index (χ2n) is 5.30. The van der Waals surface area contributed by atoms with E-state index in [0.717, 1.165) is 36.9 Å². The van der Waals surface area contributed by atoms with Gasteiger partial charge in [0.1, 0.15) is 17.4 Å². The number of aryl methyl sites for hydroxylation is 3. The summed E-state index contributed by atoms with van der Waals surface area (Å²) in [6, 6.07) is 9.63. The molecule has 1 aliphatic carbocycles. The molecule has 0 saturated heterocycles. The molecule has 0 radical (unpaired) electrons. The van der Waals surface area contributed by atoms with Crippen LogP contribution in [-0.2, 0) is 12.8 Å². The van der Waals surface area contributed by atoms with Crippen molar-refractivity contribution < 1.29 is 4.74 Å². The van der Waals surface area contributed by atoms with Crippen LogP contribution in [0.3, 0.4) is 0 Å². The zero-order valence-corrected chi connectivity index (χ0v) is 12.6. The van der Waals surface area contributed by atoms with Crippen LogP contribution in [0.25, 0.3) is 0 Å². The molecule has 1 aliphatic rings. The lowest BCUT2D eigenvalue weighted by atomic mass is 9.95. The van der Waals surface area contributed by atoms with E-state index in [1.54, 1.807) is 6.07 Å². The Hall–Kier alpha value is -2.05. The molecule has 106 valence electrons. The predicted molar refractivity (Wildman–Crippen MR) is 81.9 cm³/mol. The van der Waals surface area contributed by atoms with Crippen LogP contribution in [0.5, 0.6) is 11.6 Å². The van der Waals surface area contributed by atoms with Gasteiger partial charge in [-0.15, -0.1) is 0 Å². The third kappa shape index (κ3) is 2.86. The highest BCUT2D eigenvalue weighted by molar-refractivity contribution is 6.32. The Morgan fingerprint density at radius 2 is 2.05 bits per heavy atom. The maximum atomic E-state index is 9.31. The lowest BCUT2D eigenvalue weighted by molar-refractivity contribution is 0.456. The molecule has 0 atom stereocenters. The van der Waals surface area contributed by atoms with Gasteiger partial charge in [-0.2, -0.15) is 5.26 Å². The zero-order chi connectivity index (χ0) is 14.8. The SMILES string of the molecule is Cc1ccc(Oc2nc3c(cc2C#N)CCCC3)c(Cl)c1. The molecule has 0 spiro atoms. The minimum absolute atomic E-state index is 0.351. The van der Waals surface area contributed by atoms with Gasteiger partial charge < -0.3 is 4.74 Å². The number of ether oxygens (including phenoxy) is 1. The summed E-state index contributed by atoms with van der Waals surface area (Å²) in [7, 11) is 0. The maximum Gasteiger partial charge on any atom is 0.237 e. The second-order valence-corrected chi connectivity index (χ2v) is 5.71. The molecule has 4 heteroatoms. The smallest absolute Gasteiger partial charge is 0.237 e. The molecule has 0 saturated carbocycles. The Morgan fingerprint density at radius 3 is 2.81 bits per heavy atom. The summed E-state index contributed by atoms with van der Waals surface area (Å²) in [6.45, 7) is 1.97. The van der Waals surface area contributed by atoms with Gasteiger partial charge in [-0.1, -0.05) is 17.7 Å². The number of aromatic nitrogens is 1. The Labute approximate surface area is 129 Å². The van der Waals surface area contributed by atoms with E-state index in [-0.39, 0.29) is 0 Å². The molecule has 0 N–H and O–H groups in total. The fourth-order valence-electron chi connectivity index (χ4n) is 2.57. The van der Waals surface area contributed by atoms with Crippen LogP contribution in [-0.4, -0.2) is 4.98 Å². The number of fused-ring (bicyclic) bond motifs is 1. The largest absolute Gasteiger partial charge is 0.436 e. The first-order valence-electron chi connectivity index (χ1n) is 7.04. The van der Waals surface area contributed by atoms with Gasteiger partial charge >= 0.3 is 0 Å². The lowest BCUT2D eigenvalue weighted by Gasteiger charge is -2.17.